The maximum atomic E-state index is 5.30. The first-order chi connectivity index (χ1) is 20.8. The molecule has 0 bridgehead atoms. The summed E-state index contributed by atoms with van der Waals surface area (Å²) in [5, 5.41) is 6.24. The first-order valence-corrected chi connectivity index (χ1v) is 15.0. The van der Waals surface area contributed by atoms with Gasteiger partial charge in [-0.1, -0.05) is 103 Å². The van der Waals surface area contributed by atoms with Crippen molar-refractivity contribution in [1.29, 1.82) is 0 Å². The van der Waals surface area contributed by atoms with Crippen LogP contribution in [0.3, 0.4) is 0 Å². The maximum Gasteiger partial charge on any atom is 0.0731 e. The van der Waals surface area contributed by atoms with E-state index in [9.17, 15) is 0 Å². The second-order valence-corrected chi connectivity index (χ2v) is 11.8. The summed E-state index contributed by atoms with van der Waals surface area (Å²) in [4.78, 5) is 5.30. The van der Waals surface area contributed by atoms with Crippen LogP contribution in [0.4, 0.5) is 0 Å². The summed E-state index contributed by atoms with van der Waals surface area (Å²) < 4.78 is 4.97. The highest BCUT2D eigenvalue weighted by Crippen LogP contribution is 2.44. The monoisotopic (exact) mass is 552 g/mol. The molecule has 0 aliphatic carbocycles. The van der Waals surface area contributed by atoms with Crippen molar-refractivity contribution in [1.82, 2.24) is 9.55 Å². The molecule has 196 valence electrons. The number of nitrogens with zero attached hydrogens (tertiary/aromatic N) is 2. The Morgan fingerprint density at radius 1 is 0.476 bits per heavy atom. The van der Waals surface area contributed by atoms with Crippen LogP contribution in [-0.2, 0) is 0 Å². The second kappa shape index (κ2) is 9.13. The number of rotatable bonds is 3. The molecule has 0 aliphatic heterocycles. The van der Waals surface area contributed by atoms with E-state index in [1.165, 1.54) is 58.5 Å². The van der Waals surface area contributed by atoms with E-state index in [1.807, 2.05) is 11.3 Å². The van der Waals surface area contributed by atoms with Gasteiger partial charge in [0, 0.05) is 47.6 Å². The number of hydrogen-bond acceptors (Lipinski definition) is 2. The molecule has 0 radical (unpaired) electrons. The number of thiophene rings is 1. The van der Waals surface area contributed by atoms with Gasteiger partial charge in [-0.25, -0.2) is 4.98 Å². The Balaban J connectivity index is 1.42. The average molecular weight is 553 g/mol. The van der Waals surface area contributed by atoms with Gasteiger partial charge in [0.05, 0.1) is 22.2 Å². The zero-order valence-electron chi connectivity index (χ0n) is 22.7. The van der Waals surface area contributed by atoms with Gasteiger partial charge < -0.3 is 4.57 Å². The van der Waals surface area contributed by atoms with E-state index >= 15 is 0 Å². The minimum atomic E-state index is 0.992. The molecule has 0 spiro atoms. The van der Waals surface area contributed by atoms with Crippen LogP contribution in [0.15, 0.2) is 146 Å². The van der Waals surface area contributed by atoms with Crippen LogP contribution in [0.5, 0.6) is 0 Å². The lowest BCUT2D eigenvalue weighted by Gasteiger charge is -2.14. The highest BCUT2D eigenvalue weighted by atomic mass is 32.1. The molecule has 3 heteroatoms. The molecule has 0 saturated carbocycles. The van der Waals surface area contributed by atoms with Crippen molar-refractivity contribution in [3.8, 4) is 28.1 Å². The summed E-state index contributed by atoms with van der Waals surface area (Å²) in [6.07, 6.45) is 0. The van der Waals surface area contributed by atoms with Gasteiger partial charge in [-0.05, 0) is 53.6 Å². The van der Waals surface area contributed by atoms with Crippen molar-refractivity contribution >= 4 is 64.2 Å². The van der Waals surface area contributed by atoms with Gasteiger partial charge in [-0.2, -0.15) is 0 Å². The van der Waals surface area contributed by atoms with Crippen LogP contribution in [0.2, 0.25) is 0 Å². The fourth-order valence-corrected chi connectivity index (χ4v) is 7.71. The van der Waals surface area contributed by atoms with Crippen LogP contribution in [-0.4, -0.2) is 9.55 Å². The lowest BCUT2D eigenvalue weighted by molar-refractivity contribution is 1.19. The Bertz CT molecular complexity index is 2410. The number of para-hydroxylation sites is 3. The molecule has 0 unspecified atom stereocenters. The molecule has 6 aromatic carbocycles. The number of aromatic nitrogens is 2. The fraction of sp³-hybridized carbons (Fsp3) is 0. The molecule has 2 nitrogen and oxygen atoms in total. The molecule has 0 fully saturated rings. The predicted molar refractivity (Wildman–Crippen MR) is 180 cm³/mol. The van der Waals surface area contributed by atoms with Crippen molar-refractivity contribution in [3.63, 3.8) is 0 Å². The van der Waals surface area contributed by atoms with Crippen molar-refractivity contribution in [2.75, 3.05) is 0 Å². The fourth-order valence-electron chi connectivity index (χ4n) is 6.50. The third-order valence-electron chi connectivity index (χ3n) is 8.38. The molecule has 0 amide bonds. The smallest absolute Gasteiger partial charge is 0.0731 e. The van der Waals surface area contributed by atoms with Gasteiger partial charge in [0.15, 0.2) is 0 Å². The zero-order valence-corrected chi connectivity index (χ0v) is 23.5. The Morgan fingerprint density at radius 2 is 1.10 bits per heavy atom. The third kappa shape index (κ3) is 3.47. The summed E-state index contributed by atoms with van der Waals surface area (Å²) in [7, 11) is 0. The van der Waals surface area contributed by atoms with Gasteiger partial charge in [-0.3, -0.25) is 0 Å². The maximum absolute atomic E-state index is 5.30. The van der Waals surface area contributed by atoms with Crippen LogP contribution in [0.25, 0.3) is 81.0 Å². The van der Waals surface area contributed by atoms with Crippen LogP contribution in [0.1, 0.15) is 0 Å². The molecule has 9 aromatic rings. The highest BCUT2D eigenvalue weighted by molar-refractivity contribution is 7.26. The van der Waals surface area contributed by atoms with Crippen molar-refractivity contribution in [2.45, 2.75) is 0 Å². The molecule has 3 aromatic heterocycles. The van der Waals surface area contributed by atoms with E-state index in [-0.39, 0.29) is 0 Å². The number of fused-ring (bicyclic) bond motifs is 7. The van der Waals surface area contributed by atoms with Crippen molar-refractivity contribution in [3.05, 3.63) is 146 Å². The molecule has 0 aliphatic rings. The minimum absolute atomic E-state index is 0.992. The van der Waals surface area contributed by atoms with E-state index in [0.29, 0.717) is 0 Å². The van der Waals surface area contributed by atoms with Gasteiger partial charge in [-0.15, -0.1) is 11.3 Å². The molecule has 42 heavy (non-hydrogen) atoms. The Kier molecular flexibility index (Phi) is 5.10. The predicted octanol–water partition coefficient (Wildman–Crippen LogP) is 11.0. The Labute approximate surface area is 246 Å². The summed E-state index contributed by atoms with van der Waals surface area (Å²) in [5.74, 6) is 0. The quantitative estimate of drug-likeness (QED) is 0.213. The van der Waals surface area contributed by atoms with Gasteiger partial charge in [0.1, 0.15) is 0 Å². The number of benzene rings is 6. The molecule has 0 saturated heterocycles. The zero-order chi connectivity index (χ0) is 27.6. The number of pyridine rings is 1. The van der Waals surface area contributed by atoms with E-state index < -0.39 is 0 Å². The average Bonchev–Trinajstić information content (AvgIpc) is 3.60. The van der Waals surface area contributed by atoms with Crippen molar-refractivity contribution in [2.24, 2.45) is 0 Å². The Hall–Kier alpha value is -5.25. The van der Waals surface area contributed by atoms with Crippen LogP contribution in [0, 0.1) is 0 Å². The molecular weight excluding hydrogens is 529 g/mol. The number of hydrogen-bond donors (Lipinski definition) is 0. The van der Waals surface area contributed by atoms with Gasteiger partial charge in [0.2, 0.25) is 0 Å². The second-order valence-electron chi connectivity index (χ2n) is 10.8. The summed E-state index contributed by atoms with van der Waals surface area (Å²) in [6, 6.07) is 52.3. The minimum Gasteiger partial charge on any atom is -0.309 e. The third-order valence-corrected chi connectivity index (χ3v) is 9.60. The van der Waals surface area contributed by atoms with E-state index in [0.717, 1.165) is 22.5 Å². The Morgan fingerprint density at radius 3 is 1.86 bits per heavy atom. The lowest BCUT2D eigenvalue weighted by Crippen LogP contribution is -1.96. The normalized spacial score (nSPS) is 11.8. The highest BCUT2D eigenvalue weighted by Gasteiger charge is 2.19. The van der Waals surface area contributed by atoms with E-state index in [4.69, 9.17) is 4.98 Å². The molecule has 9 rings (SSSR count). The molecule has 0 atom stereocenters. The first-order valence-electron chi connectivity index (χ1n) is 14.2. The van der Waals surface area contributed by atoms with Gasteiger partial charge in [0.25, 0.3) is 0 Å². The largest absolute Gasteiger partial charge is 0.309 e. The first kappa shape index (κ1) is 23.5. The van der Waals surface area contributed by atoms with Crippen molar-refractivity contribution < 1.29 is 0 Å². The van der Waals surface area contributed by atoms with Crippen LogP contribution >= 0.6 is 11.3 Å². The summed E-state index contributed by atoms with van der Waals surface area (Å²) >= 11 is 1.85. The standard InChI is InChI=1S/C39H24N2S/c1-2-12-25(13-3-1)31-24-35(40-34-18-8-4-14-27(31)34)33-23-26(22-32-30-17-7-11-21-38(30)42-39(32)33)41-36-19-9-5-15-28(36)29-16-6-10-20-37(29)41/h1-24H. The van der Waals surface area contributed by atoms with E-state index in [1.54, 1.807) is 0 Å². The van der Waals surface area contributed by atoms with Crippen LogP contribution < -0.4 is 0 Å². The molecule has 3 heterocycles. The topological polar surface area (TPSA) is 17.8 Å². The van der Waals surface area contributed by atoms with E-state index in [2.05, 4.69) is 150 Å². The SMILES string of the molecule is c1ccc(-c2cc(-c3cc(-n4c5ccccc5c5ccccc54)cc4c3sc3ccccc34)nc3ccccc23)cc1. The molecule has 0 N–H and O–H groups in total. The summed E-state index contributed by atoms with van der Waals surface area (Å²) in [5.41, 5.74) is 9.12. The summed E-state index contributed by atoms with van der Waals surface area (Å²) in [6.45, 7) is 0. The van der Waals surface area contributed by atoms with Gasteiger partial charge >= 0.3 is 0 Å². The lowest BCUT2D eigenvalue weighted by atomic mass is 9.97. The molecular formula is C39H24N2S.